The van der Waals surface area contributed by atoms with Gasteiger partial charge in [0.15, 0.2) is 0 Å². The van der Waals surface area contributed by atoms with Gasteiger partial charge in [0.1, 0.15) is 12.2 Å². The lowest BCUT2D eigenvalue weighted by atomic mass is 10.2. The van der Waals surface area contributed by atoms with Gasteiger partial charge in [-0.15, -0.1) is 0 Å². The first-order valence-corrected chi connectivity index (χ1v) is 5.34. The van der Waals surface area contributed by atoms with Crippen LogP contribution in [-0.4, -0.2) is 16.8 Å². The van der Waals surface area contributed by atoms with Crippen molar-refractivity contribution in [1.29, 1.82) is 5.26 Å². The van der Waals surface area contributed by atoms with Crippen molar-refractivity contribution in [3.8, 4) is 6.07 Å². The summed E-state index contributed by atoms with van der Waals surface area (Å²) >= 11 is 0. The molecule has 1 rings (SSSR count). The summed E-state index contributed by atoms with van der Waals surface area (Å²) < 4.78 is 0. The third kappa shape index (κ3) is 3.38. The molecule has 1 aromatic heterocycles. The van der Waals surface area contributed by atoms with Crippen LogP contribution < -0.4 is 4.90 Å². The van der Waals surface area contributed by atoms with Crippen LogP contribution in [0.5, 0.6) is 0 Å². The highest BCUT2D eigenvalue weighted by molar-refractivity contribution is 6.14. The first-order valence-electron chi connectivity index (χ1n) is 5.34. The molecule has 0 spiro atoms. The highest BCUT2D eigenvalue weighted by Gasteiger charge is 2.22. The second-order valence-corrected chi connectivity index (χ2v) is 3.40. The molecule has 0 saturated carbocycles. The van der Waals surface area contributed by atoms with Gasteiger partial charge in [0.25, 0.3) is 0 Å². The maximum atomic E-state index is 11.8. The van der Waals surface area contributed by atoms with Crippen molar-refractivity contribution in [2.75, 3.05) is 4.90 Å². The molecule has 2 amide bonds. The Balaban J connectivity index is 2.99. The number of amides is 2. The molecule has 0 aromatic carbocycles. The van der Waals surface area contributed by atoms with E-state index in [0.29, 0.717) is 6.42 Å². The largest absolute Gasteiger partial charge is 0.274 e. The molecule has 0 saturated heterocycles. The number of carbonyl (C=O) groups excluding carboxylic acids is 2. The molecule has 88 valence electrons. The van der Waals surface area contributed by atoms with Crippen LogP contribution in [-0.2, 0) is 9.59 Å². The lowest BCUT2D eigenvalue weighted by Crippen LogP contribution is -2.37. The van der Waals surface area contributed by atoms with E-state index >= 15 is 0 Å². The van der Waals surface area contributed by atoms with E-state index < -0.39 is 5.91 Å². The Morgan fingerprint density at radius 3 is 2.71 bits per heavy atom. The van der Waals surface area contributed by atoms with Crippen molar-refractivity contribution in [3.05, 3.63) is 24.4 Å². The zero-order valence-electron chi connectivity index (χ0n) is 9.59. The predicted molar refractivity (Wildman–Crippen MR) is 61.9 cm³/mol. The summed E-state index contributed by atoms with van der Waals surface area (Å²) in [5.74, 6) is -0.595. The highest BCUT2D eigenvalue weighted by atomic mass is 16.2. The number of carbonyl (C=O) groups is 2. The maximum Gasteiger partial charge on any atom is 0.249 e. The number of nitriles is 1. The zero-order chi connectivity index (χ0) is 12.7. The molecule has 5 heteroatoms. The summed E-state index contributed by atoms with van der Waals surface area (Å²) in [4.78, 5) is 28.5. The van der Waals surface area contributed by atoms with E-state index in [-0.39, 0.29) is 24.6 Å². The van der Waals surface area contributed by atoms with Gasteiger partial charge in [-0.2, -0.15) is 5.26 Å². The van der Waals surface area contributed by atoms with Crippen molar-refractivity contribution in [2.24, 2.45) is 0 Å². The van der Waals surface area contributed by atoms with Gasteiger partial charge in [-0.05, 0) is 18.6 Å². The average molecular weight is 231 g/mol. The first kappa shape index (κ1) is 12.8. The average Bonchev–Trinajstić information content (AvgIpc) is 2.31. The quantitative estimate of drug-likeness (QED) is 0.789. The normalized spacial score (nSPS) is 9.41. The molecule has 5 nitrogen and oxygen atoms in total. The molecule has 0 unspecified atom stereocenters. The fourth-order valence-electron chi connectivity index (χ4n) is 1.35. The smallest absolute Gasteiger partial charge is 0.249 e. The minimum atomic E-state index is -0.537. The molecule has 0 aliphatic carbocycles. The number of hydrogen-bond donors (Lipinski definition) is 0. The first-order chi connectivity index (χ1) is 8.20. The van der Waals surface area contributed by atoms with Gasteiger partial charge in [-0.1, -0.05) is 13.0 Å². The van der Waals surface area contributed by atoms with E-state index in [1.807, 2.05) is 6.92 Å². The summed E-state index contributed by atoms with van der Waals surface area (Å²) in [5, 5.41) is 8.51. The van der Waals surface area contributed by atoms with Crippen LogP contribution in [0.2, 0.25) is 0 Å². The molecular weight excluding hydrogens is 218 g/mol. The van der Waals surface area contributed by atoms with Crippen molar-refractivity contribution >= 4 is 17.6 Å². The van der Waals surface area contributed by atoms with Crippen LogP contribution in [0.4, 0.5) is 5.82 Å². The Morgan fingerprint density at radius 2 is 2.18 bits per heavy atom. The molecular formula is C12H13N3O2. The molecule has 0 fully saturated rings. The van der Waals surface area contributed by atoms with E-state index in [1.54, 1.807) is 24.3 Å². The Morgan fingerprint density at radius 1 is 1.41 bits per heavy atom. The number of imide groups is 1. The fraction of sp³-hybridized carbons (Fsp3) is 0.333. The van der Waals surface area contributed by atoms with Gasteiger partial charge in [0.05, 0.1) is 6.07 Å². The Kier molecular flexibility index (Phi) is 4.82. The molecule has 1 heterocycles. The van der Waals surface area contributed by atoms with Crippen molar-refractivity contribution in [2.45, 2.75) is 26.2 Å². The van der Waals surface area contributed by atoms with Crippen LogP contribution in [0.25, 0.3) is 0 Å². The highest BCUT2D eigenvalue weighted by Crippen LogP contribution is 2.13. The molecule has 0 aliphatic heterocycles. The van der Waals surface area contributed by atoms with Crippen molar-refractivity contribution < 1.29 is 9.59 Å². The lowest BCUT2D eigenvalue weighted by Gasteiger charge is -2.18. The molecule has 0 N–H and O–H groups in total. The Bertz CT molecular complexity index is 437. The standard InChI is InChI=1S/C12H13N3O2/c1-2-5-11(16)15(12(17)7-8-13)10-6-3-4-9-14-10/h3-4,6,9H,2,5,7H2,1H3. The second-order valence-electron chi connectivity index (χ2n) is 3.40. The second kappa shape index (κ2) is 6.38. The van der Waals surface area contributed by atoms with Gasteiger partial charge < -0.3 is 0 Å². The van der Waals surface area contributed by atoms with Crippen LogP contribution >= 0.6 is 0 Å². The van der Waals surface area contributed by atoms with Gasteiger partial charge >= 0.3 is 0 Å². The fourth-order valence-corrected chi connectivity index (χ4v) is 1.35. The van der Waals surface area contributed by atoms with E-state index in [4.69, 9.17) is 5.26 Å². The predicted octanol–water partition coefficient (Wildman–Crippen LogP) is 1.65. The number of aromatic nitrogens is 1. The summed E-state index contributed by atoms with van der Waals surface area (Å²) in [6.07, 6.45) is 2.07. The topological polar surface area (TPSA) is 74.1 Å². The summed E-state index contributed by atoms with van der Waals surface area (Å²) in [6, 6.07) is 6.70. The lowest BCUT2D eigenvalue weighted by molar-refractivity contribution is -0.126. The van der Waals surface area contributed by atoms with Crippen molar-refractivity contribution in [1.82, 2.24) is 4.98 Å². The number of hydrogen-bond acceptors (Lipinski definition) is 4. The van der Waals surface area contributed by atoms with E-state index in [0.717, 1.165) is 4.90 Å². The van der Waals surface area contributed by atoms with Crippen LogP contribution in [0, 0.1) is 11.3 Å². The van der Waals surface area contributed by atoms with Gasteiger partial charge in [-0.3, -0.25) is 9.59 Å². The zero-order valence-corrected chi connectivity index (χ0v) is 9.59. The molecule has 0 atom stereocenters. The third-order valence-electron chi connectivity index (χ3n) is 2.07. The molecule has 17 heavy (non-hydrogen) atoms. The van der Waals surface area contributed by atoms with E-state index in [2.05, 4.69) is 4.98 Å². The number of rotatable bonds is 4. The molecule has 1 aromatic rings. The maximum absolute atomic E-state index is 11.8. The molecule has 0 bridgehead atoms. The van der Waals surface area contributed by atoms with Crippen LogP contribution in [0.15, 0.2) is 24.4 Å². The summed E-state index contributed by atoms with van der Waals surface area (Å²) in [5.41, 5.74) is 0. The Hall–Kier alpha value is -2.22. The minimum absolute atomic E-state index is 0.258. The summed E-state index contributed by atoms with van der Waals surface area (Å²) in [7, 11) is 0. The van der Waals surface area contributed by atoms with Crippen molar-refractivity contribution in [3.63, 3.8) is 0 Å². The Labute approximate surface area is 99.7 Å². The number of nitrogens with zero attached hydrogens (tertiary/aromatic N) is 3. The molecule has 0 aliphatic rings. The van der Waals surface area contributed by atoms with E-state index in [9.17, 15) is 9.59 Å². The van der Waals surface area contributed by atoms with Gasteiger partial charge in [-0.25, -0.2) is 9.88 Å². The molecule has 0 radical (unpaired) electrons. The number of pyridine rings is 1. The summed E-state index contributed by atoms with van der Waals surface area (Å²) in [6.45, 7) is 1.85. The van der Waals surface area contributed by atoms with Gasteiger partial charge in [0, 0.05) is 12.6 Å². The van der Waals surface area contributed by atoms with Crippen LogP contribution in [0.3, 0.4) is 0 Å². The number of anilines is 1. The monoisotopic (exact) mass is 231 g/mol. The minimum Gasteiger partial charge on any atom is -0.274 e. The SMILES string of the molecule is CCCC(=O)N(C(=O)CC#N)c1ccccn1. The third-order valence-corrected chi connectivity index (χ3v) is 2.07. The van der Waals surface area contributed by atoms with E-state index in [1.165, 1.54) is 6.20 Å². The van der Waals surface area contributed by atoms with Gasteiger partial charge in [0.2, 0.25) is 11.8 Å². The van der Waals surface area contributed by atoms with Crippen LogP contribution in [0.1, 0.15) is 26.2 Å².